The number of hydrogen-bond donors (Lipinski definition) is 6. The van der Waals surface area contributed by atoms with Crippen LogP contribution in [-0.4, -0.2) is 107 Å². The Balaban J connectivity index is 0.000000141. The number of rotatable bonds is 34. The second-order valence-electron chi connectivity index (χ2n) is 37.4. The average Bonchev–Trinajstić information content (AvgIpc) is 1.68. The van der Waals surface area contributed by atoms with Crippen molar-refractivity contribution in [1.29, 1.82) is 0 Å². The number of hydrogen-bond acceptors (Lipinski definition) is 21. The second-order valence-corrected chi connectivity index (χ2v) is 37.8. The van der Waals surface area contributed by atoms with Gasteiger partial charge in [-0.1, -0.05) is 142 Å². The number of methoxy groups -OCH3 is 1. The molecule has 29 heteroatoms. The van der Waals surface area contributed by atoms with Gasteiger partial charge in [-0.15, -0.1) is 0 Å². The molecule has 14 aromatic rings. The van der Waals surface area contributed by atoms with Gasteiger partial charge in [0.25, 0.3) is 35.4 Å². The Morgan fingerprint density at radius 1 is 0.322 bits per heavy atom. The lowest BCUT2D eigenvalue weighted by Crippen LogP contribution is -2.39. The molecule has 772 valence electrons. The van der Waals surface area contributed by atoms with Gasteiger partial charge < -0.3 is 65.1 Å². The number of amides is 6. The normalized spacial score (nSPS) is 14.7. The summed E-state index contributed by atoms with van der Waals surface area (Å²) in [6.07, 6.45) is 38.6. The molecule has 6 N–H and O–H groups in total. The lowest BCUT2D eigenvalue weighted by atomic mass is 9.84. The average molecular weight is 2030 g/mol. The quantitative estimate of drug-likeness (QED) is 0.0218. The molecule has 4 fully saturated rings. The number of nitrogens with zero attached hydrogens (tertiary/aromatic N) is 8. The zero-order chi connectivity index (χ0) is 104. The number of fused-ring (bicyclic) bond motifs is 1. The van der Waals surface area contributed by atoms with Crippen molar-refractivity contribution in [3.8, 4) is 40.2 Å². The summed E-state index contributed by atoms with van der Waals surface area (Å²) in [5.41, 5.74) is 10.5. The van der Waals surface area contributed by atoms with Gasteiger partial charge in [0.1, 0.15) is 91.5 Å². The van der Waals surface area contributed by atoms with E-state index in [1.54, 1.807) is 129 Å². The van der Waals surface area contributed by atoms with Crippen LogP contribution in [0.4, 0.5) is 10.2 Å². The number of ether oxygens (including phenoxy) is 7. The number of para-hydroxylation sites is 2. The highest BCUT2D eigenvalue weighted by atomic mass is 35.5. The van der Waals surface area contributed by atoms with Gasteiger partial charge in [-0.3, -0.25) is 63.7 Å². The Bertz CT molecular complexity index is 6430. The van der Waals surface area contributed by atoms with Gasteiger partial charge in [0, 0.05) is 84.8 Å². The molecule has 0 saturated heterocycles. The SMILES string of the molecule is COc1ccc(OCc2ccc(C(=O)N[C@H](C)C3CCCCC3)cn2)cc1.C[C@@H](NC(=O)c1ccc(COc2ccc(Cl)cc2)nc1)C1CCCCC1.C[C@@H](NC(=O)c1ccc(COc2cccnc2)nc1)C1CCCCC1.O=C(NC1CCC1)c1ccc(COc2cccc(F)c2)nc1.O=C(NC1CCc2ccccc21)c1ccc(COc2ccccc2)nc1.O=C(Nc1ccccn1)c1ccc(COc2ccccc2)nc1. The van der Waals surface area contributed by atoms with Crippen LogP contribution in [0.25, 0.3) is 0 Å². The van der Waals surface area contributed by atoms with Crippen molar-refractivity contribution in [1.82, 2.24) is 66.5 Å². The van der Waals surface area contributed by atoms with Gasteiger partial charge in [-0.05, 0) is 302 Å². The molecule has 149 heavy (non-hydrogen) atoms. The topological polar surface area (TPSA) is 342 Å². The fourth-order valence-electron chi connectivity index (χ4n) is 17.6. The van der Waals surface area contributed by atoms with Crippen LogP contribution < -0.4 is 65.1 Å². The predicted octanol–water partition coefficient (Wildman–Crippen LogP) is 23.6. The van der Waals surface area contributed by atoms with Crippen LogP contribution in [0.2, 0.25) is 5.02 Å². The van der Waals surface area contributed by atoms with Crippen LogP contribution in [0.5, 0.6) is 40.2 Å². The minimum Gasteiger partial charge on any atom is -0.497 e. The minimum absolute atomic E-state index is 0.0506. The van der Waals surface area contributed by atoms with Crippen molar-refractivity contribution in [2.45, 2.75) is 219 Å². The molecule has 27 nitrogen and oxygen atoms in total. The fourth-order valence-corrected chi connectivity index (χ4v) is 17.7. The molecule has 8 aromatic heterocycles. The Morgan fingerprint density at radius 3 is 1.07 bits per heavy atom. The van der Waals surface area contributed by atoms with Gasteiger partial charge >= 0.3 is 0 Å². The Kier molecular flexibility index (Phi) is 42.7. The summed E-state index contributed by atoms with van der Waals surface area (Å²) in [4.78, 5) is 108. The summed E-state index contributed by atoms with van der Waals surface area (Å²) in [6.45, 7) is 8.34. The molecule has 4 saturated carbocycles. The number of halogens is 2. The number of carbonyl (C=O) groups is 6. The number of aryl methyl sites for hydroxylation is 1. The standard InChI is InChI=1S/C22H28N2O3.C22H20N2O2.C21H25ClN2O2.C20H25N3O2.C18H15N3O2.C17H17FN2O2/c1-16(17-6-4-3-5-7-17)24-22(25)18-8-9-19(23-14-18)15-27-21-12-10-20(26-2)11-13-21;25-22(24-21-13-11-16-6-4-5-9-20(16)21)17-10-12-18(23-14-17)15-26-19-7-2-1-3-8-19;1-15(16-5-3-2-4-6-16)24-21(25)17-7-10-19(23-13-17)14-26-20-11-8-18(22)9-12-20;1-15(16-6-3-2-4-7-16)23-20(24)17-9-10-18(22-12-17)14-25-19-8-5-11-21-13-19;22-18(21-17-8-4-5-11-19-17)14-9-10-15(20-12-14)13-23-16-6-2-1-3-7-16;18-13-3-1-6-16(9-13)22-11-15-8-7-12(10-19-15)17(21)20-14-4-2-5-14/h8-14,16-17H,3-7,15H2,1-2H3,(H,24,25);1-10,12,14,21H,11,13,15H2,(H,24,25);7-13,15-16H,2-6,14H2,1H3,(H,24,25);5,8-13,15-16H,2-4,6-7,14H2,1H3,(H,23,24);1-12H,13H2,(H,19,21,22);1,3,6-10,14H,2,4-5,11H2,(H,20,21)/t16-;;2*15-;;/m1.11../s1. The van der Waals surface area contributed by atoms with Crippen LogP contribution in [0.15, 0.2) is 317 Å². The molecule has 0 spiro atoms. The zero-order valence-corrected chi connectivity index (χ0v) is 85.4. The largest absolute Gasteiger partial charge is 0.497 e. The molecule has 0 aliphatic heterocycles. The van der Waals surface area contributed by atoms with Crippen molar-refractivity contribution >= 4 is 52.9 Å². The second kappa shape index (κ2) is 58.5. The molecule has 6 aromatic carbocycles. The van der Waals surface area contributed by atoms with Gasteiger partial charge in [-0.25, -0.2) is 9.37 Å². The molecular formula is C120H130ClFN14O13. The number of carbonyl (C=O) groups excluding carboxylic acids is 6. The maximum atomic E-state index is 13.0. The van der Waals surface area contributed by atoms with Gasteiger partial charge in [0.05, 0.1) is 86.9 Å². The summed E-state index contributed by atoms with van der Waals surface area (Å²) in [5.74, 6) is 6.38. The van der Waals surface area contributed by atoms with E-state index in [4.69, 9.17) is 44.8 Å². The van der Waals surface area contributed by atoms with Crippen LogP contribution in [0.1, 0.15) is 256 Å². The lowest BCUT2D eigenvalue weighted by molar-refractivity contribution is 0.0908. The highest BCUT2D eigenvalue weighted by Crippen LogP contribution is 2.34. The zero-order valence-electron chi connectivity index (χ0n) is 84.7. The molecule has 19 rings (SSSR count). The molecular weight excluding hydrogens is 1900 g/mol. The Hall–Kier alpha value is -15.8. The monoisotopic (exact) mass is 2030 g/mol. The summed E-state index contributed by atoms with van der Waals surface area (Å²) < 4.78 is 51.9. The first-order valence-corrected chi connectivity index (χ1v) is 51.6. The van der Waals surface area contributed by atoms with Gasteiger partial charge in [0.15, 0.2) is 0 Å². The van der Waals surface area contributed by atoms with Gasteiger partial charge in [-0.2, -0.15) is 0 Å². The first-order chi connectivity index (χ1) is 72.8. The third-order valence-electron chi connectivity index (χ3n) is 26.6. The van der Waals surface area contributed by atoms with Crippen LogP contribution in [0.3, 0.4) is 0 Å². The molecule has 4 atom stereocenters. The molecule has 5 aliphatic rings. The van der Waals surface area contributed by atoms with E-state index in [-0.39, 0.29) is 72.0 Å². The number of pyridine rings is 8. The van der Waals surface area contributed by atoms with Crippen molar-refractivity contribution in [3.63, 3.8) is 0 Å². The summed E-state index contributed by atoms with van der Waals surface area (Å²) in [5, 5.41) is 18.9. The summed E-state index contributed by atoms with van der Waals surface area (Å²) in [7, 11) is 1.63. The van der Waals surface area contributed by atoms with E-state index in [2.05, 4.69) is 105 Å². The summed E-state index contributed by atoms with van der Waals surface area (Å²) in [6, 6.07) is 79.5. The van der Waals surface area contributed by atoms with Crippen molar-refractivity contribution in [2.24, 2.45) is 17.8 Å². The molecule has 0 bridgehead atoms. The fraction of sp³-hybridized carbons (Fsp3) is 0.317. The smallest absolute Gasteiger partial charge is 0.258 e. The maximum Gasteiger partial charge on any atom is 0.258 e. The highest BCUT2D eigenvalue weighted by molar-refractivity contribution is 6.30. The van der Waals surface area contributed by atoms with Crippen LogP contribution >= 0.6 is 11.6 Å². The molecule has 0 radical (unpaired) electrons. The summed E-state index contributed by atoms with van der Waals surface area (Å²) >= 11 is 5.86. The highest BCUT2D eigenvalue weighted by Gasteiger charge is 2.29. The molecule has 8 heterocycles. The third kappa shape index (κ3) is 36.4. The maximum absolute atomic E-state index is 13.0. The Labute approximate surface area is 876 Å². The number of nitrogens with one attached hydrogen (secondary N) is 6. The number of benzene rings is 6. The van der Waals surface area contributed by atoms with Crippen LogP contribution in [-0.2, 0) is 46.1 Å². The molecule has 5 aliphatic carbocycles. The van der Waals surface area contributed by atoms with E-state index in [1.165, 1.54) is 138 Å². The van der Waals surface area contributed by atoms with Crippen molar-refractivity contribution in [2.75, 3.05) is 12.4 Å². The third-order valence-corrected chi connectivity index (χ3v) is 26.8. The lowest BCUT2D eigenvalue weighted by Gasteiger charge is -2.28. The molecule has 6 amide bonds. The minimum atomic E-state index is -0.339. The number of anilines is 1. The van der Waals surface area contributed by atoms with Crippen molar-refractivity contribution < 1.29 is 66.3 Å². The Morgan fingerprint density at radius 2 is 0.685 bits per heavy atom. The van der Waals surface area contributed by atoms with E-state index >= 15 is 0 Å². The van der Waals surface area contributed by atoms with E-state index < -0.39 is 0 Å². The first-order valence-electron chi connectivity index (χ1n) is 51.3. The van der Waals surface area contributed by atoms with E-state index in [0.29, 0.717) is 118 Å². The van der Waals surface area contributed by atoms with Crippen LogP contribution in [0, 0.1) is 23.6 Å². The van der Waals surface area contributed by atoms with Crippen molar-refractivity contribution in [3.05, 3.63) is 406 Å². The van der Waals surface area contributed by atoms with E-state index in [9.17, 15) is 33.2 Å². The van der Waals surface area contributed by atoms with E-state index in [1.807, 2.05) is 158 Å². The number of aromatic nitrogens is 8. The first kappa shape index (κ1) is 109. The molecule has 1 unspecified atom stereocenters. The predicted molar refractivity (Wildman–Crippen MR) is 572 cm³/mol. The van der Waals surface area contributed by atoms with E-state index in [0.717, 1.165) is 82.9 Å². The van der Waals surface area contributed by atoms with Gasteiger partial charge in [0.2, 0.25) is 0 Å².